The highest BCUT2D eigenvalue weighted by molar-refractivity contribution is 5.35. The van der Waals surface area contributed by atoms with Gasteiger partial charge in [0.2, 0.25) is 5.95 Å². The van der Waals surface area contributed by atoms with Crippen LogP contribution in [0.3, 0.4) is 0 Å². The Balaban J connectivity index is 1.90. The molecule has 0 unspecified atom stereocenters. The number of anilines is 2. The lowest BCUT2D eigenvalue weighted by molar-refractivity contribution is 0.361. The predicted octanol–water partition coefficient (Wildman–Crippen LogP) is 2.05. The van der Waals surface area contributed by atoms with Crippen LogP contribution < -0.4 is 11.1 Å². The van der Waals surface area contributed by atoms with Gasteiger partial charge >= 0.3 is 0 Å². The van der Waals surface area contributed by atoms with Crippen molar-refractivity contribution in [2.75, 3.05) is 17.6 Å². The standard InChI is InChI=1S/C11H18N4/c1-11(4-2-3-5-11)8-15-10-13-6-9(12)7-14-10/h6-7H,2-5,8,12H2,1H3,(H,13,14,15). The Morgan fingerprint density at radius 2 is 1.93 bits per heavy atom. The molecular weight excluding hydrogens is 188 g/mol. The van der Waals surface area contributed by atoms with E-state index in [-0.39, 0.29) is 0 Å². The molecule has 1 aromatic rings. The lowest BCUT2D eigenvalue weighted by atomic mass is 9.89. The molecule has 0 aliphatic heterocycles. The van der Waals surface area contributed by atoms with Gasteiger partial charge in [-0.25, -0.2) is 9.97 Å². The van der Waals surface area contributed by atoms with Crippen LogP contribution in [0.4, 0.5) is 11.6 Å². The fourth-order valence-electron chi connectivity index (χ4n) is 2.13. The first-order valence-corrected chi connectivity index (χ1v) is 5.49. The van der Waals surface area contributed by atoms with Gasteiger partial charge in [-0.15, -0.1) is 0 Å². The highest BCUT2D eigenvalue weighted by Gasteiger charge is 2.28. The number of rotatable bonds is 3. The molecule has 1 aliphatic carbocycles. The maximum Gasteiger partial charge on any atom is 0.222 e. The Hall–Kier alpha value is -1.32. The molecule has 1 saturated carbocycles. The van der Waals surface area contributed by atoms with Gasteiger partial charge in [-0.05, 0) is 18.3 Å². The summed E-state index contributed by atoms with van der Waals surface area (Å²) in [5.74, 6) is 0.678. The van der Waals surface area contributed by atoms with Gasteiger partial charge in [0, 0.05) is 6.54 Å². The van der Waals surface area contributed by atoms with E-state index in [0.717, 1.165) is 6.54 Å². The zero-order valence-corrected chi connectivity index (χ0v) is 9.16. The van der Waals surface area contributed by atoms with Crippen molar-refractivity contribution < 1.29 is 0 Å². The monoisotopic (exact) mass is 206 g/mol. The van der Waals surface area contributed by atoms with Crippen molar-refractivity contribution in [1.29, 1.82) is 0 Å². The van der Waals surface area contributed by atoms with Crippen molar-refractivity contribution in [2.24, 2.45) is 5.41 Å². The van der Waals surface area contributed by atoms with E-state index < -0.39 is 0 Å². The van der Waals surface area contributed by atoms with E-state index in [2.05, 4.69) is 22.2 Å². The van der Waals surface area contributed by atoms with E-state index in [1.807, 2.05) is 0 Å². The molecule has 0 radical (unpaired) electrons. The van der Waals surface area contributed by atoms with Crippen LogP contribution >= 0.6 is 0 Å². The first kappa shape index (κ1) is 10.2. The van der Waals surface area contributed by atoms with Crippen molar-refractivity contribution in [2.45, 2.75) is 32.6 Å². The van der Waals surface area contributed by atoms with Gasteiger partial charge in [-0.3, -0.25) is 0 Å². The summed E-state index contributed by atoms with van der Waals surface area (Å²) in [5, 5.41) is 3.28. The van der Waals surface area contributed by atoms with Gasteiger partial charge in [-0.1, -0.05) is 19.8 Å². The molecule has 0 spiro atoms. The number of nitrogen functional groups attached to an aromatic ring is 1. The molecule has 1 heterocycles. The van der Waals surface area contributed by atoms with Gasteiger partial charge in [0.1, 0.15) is 0 Å². The van der Waals surface area contributed by atoms with E-state index in [1.54, 1.807) is 12.4 Å². The normalized spacial score (nSPS) is 19.0. The summed E-state index contributed by atoms with van der Waals surface area (Å²) in [6, 6.07) is 0. The molecule has 4 nitrogen and oxygen atoms in total. The number of hydrogen-bond donors (Lipinski definition) is 2. The molecule has 0 aromatic carbocycles. The number of nitrogens with zero attached hydrogens (tertiary/aromatic N) is 2. The number of nitrogens with two attached hydrogens (primary N) is 1. The first-order chi connectivity index (χ1) is 7.18. The summed E-state index contributed by atoms with van der Waals surface area (Å²) in [4.78, 5) is 8.25. The van der Waals surface area contributed by atoms with Crippen molar-refractivity contribution in [3.63, 3.8) is 0 Å². The summed E-state index contributed by atoms with van der Waals surface area (Å²) < 4.78 is 0. The van der Waals surface area contributed by atoms with Gasteiger partial charge < -0.3 is 11.1 Å². The van der Waals surface area contributed by atoms with Crippen LogP contribution in [0.5, 0.6) is 0 Å². The largest absolute Gasteiger partial charge is 0.396 e. The second-order valence-electron chi connectivity index (χ2n) is 4.71. The average Bonchev–Trinajstić information content (AvgIpc) is 2.65. The van der Waals surface area contributed by atoms with Crippen molar-refractivity contribution in [1.82, 2.24) is 9.97 Å². The minimum Gasteiger partial charge on any atom is -0.396 e. The third-order valence-corrected chi connectivity index (χ3v) is 3.16. The van der Waals surface area contributed by atoms with Crippen LogP contribution in [0.15, 0.2) is 12.4 Å². The molecule has 4 heteroatoms. The lowest BCUT2D eigenvalue weighted by Gasteiger charge is -2.23. The first-order valence-electron chi connectivity index (χ1n) is 5.49. The molecule has 15 heavy (non-hydrogen) atoms. The van der Waals surface area contributed by atoms with Crippen LogP contribution in [0.2, 0.25) is 0 Å². The summed E-state index contributed by atoms with van der Waals surface area (Å²) in [6.45, 7) is 3.28. The minimum atomic E-state index is 0.421. The minimum absolute atomic E-state index is 0.421. The number of hydrogen-bond acceptors (Lipinski definition) is 4. The second kappa shape index (κ2) is 4.04. The molecule has 1 aliphatic rings. The highest BCUT2D eigenvalue weighted by Crippen LogP contribution is 2.37. The van der Waals surface area contributed by atoms with Gasteiger partial charge in [0.15, 0.2) is 0 Å². The van der Waals surface area contributed by atoms with Crippen molar-refractivity contribution >= 4 is 11.6 Å². The van der Waals surface area contributed by atoms with E-state index in [9.17, 15) is 0 Å². The smallest absolute Gasteiger partial charge is 0.222 e. The SMILES string of the molecule is CC1(CNc2ncc(N)cn2)CCCC1. The summed E-state index contributed by atoms with van der Waals surface area (Å²) in [5.41, 5.74) is 6.54. The Bertz CT molecular complexity index is 314. The highest BCUT2D eigenvalue weighted by atomic mass is 15.1. The molecule has 3 N–H and O–H groups in total. The summed E-state index contributed by atoms with van der Waals surface area (Å²) in [7, 11) is 0. The van der Waals surface area contributed by atoms with E-state index in [0.29, 0.717) is 17.1 Å². The fourth-order valence-corrected chi connectivity index (χ4v) is 2.13. The van der Waals surface area contributed by atoms with Crippen LogP contribution in [0.1, 0.15) is 32.6 Å². The topological polar surface area (TPSA) is 63.8 Å². The third kappa shape index (κ3) is 2.58. The molecular formula is C11H18N4. The predicted molar refractivity (Wildman–Crippen MR) is 61.5 cm³/mol. The number of aromatic nitrogens is 2. The Morgan fingerprint density at radius 3 is 2.53 bits per heavy atom. The number of nitrogens with one attached hydrogen (secondary N) is 1. The average molecular weight is 206 g/mol. The fraction of sp³-hybridized carbons (Fsp3) is 0.636. The quantitative estimate of drug-likeness (QED) is 0.794. The van der Waals surface area contributed by atoms with Crippen molar-refractivity contribution in [3.8, 4) is 0 Å². The van der Waals surface area contributed by atoms with Gasteiger partial charge in [0.25, 0.3) is 0 Å². The molecule has 2 rings (SSSR count). The third-order valence-electron chi connectivity index (χ3n) is 3.16. The molecule has 1 aromatic heterocycles. The molecule has 0 saturated heterocycles. The summed E-state index contributed by atoms with van der Waals surface area (Å²) >= 11 is 0. The maximum atomic E-state index is 5.52. The zero-order valence-electron chi connectivity index (χ0n) is 9.16. The van der Waals surface area contributed by atoms with E-state index in [4.69, 9.17) is 5.73 Å². The Morgan fingerprint density at radius 1 is 1.33 bits per heavy atom. The van der Waals surface area contributed by atoms with Crippen molar-refractivity contribution in [3.05, 3.63) is 12.4 Å². The Labute approximate surface area is 90.3 Å². The van der Waals surface area contributed by atoms with E-state index in [1.165, 1.54) is 25.7 Å². The molecule has 0 amide bonds. The van der Waals surface area contributed by atoms with Gasteiger partial charge in [0.05, 0.1) is 18.1 Å². The van der Waals surface area contributed by atoms with Crippen LogP contribution in [0, 0.1) is 5.41 Å². The van der Waals surface area contributed by atoms with Crippen LogP contribution in [-0.4, -0.2) is 16.5 Å². The van der Waals surface area contributed by atoms with E-state index >= 15 is 0 Å². The molecule has 82 valence electrons. The summed E-state index contributed by atoms with van der Waals surface area (Å²) in [6.07, 6.45) is 8.56. The van der Waals surface area contributed by atoms with Crippen LogP contribution in [0.25, 0.3) is 0 Å². The Kier molecular flexibility index (Phi) is 2.75. The molecule has 0 atom stereocenters. The molecule has 1 fully saturated rings. The zero-order chi connectivity index (χ0) is 10.7. The molecule has 0 bridgehead atoms. The maximum absolute atomic E-state index is 5.52. The lowest BCUT2D eigenvalue weighted by Crippen LogP contribution is -2.23. The van der Waals surface area contributed by atoms with Crippen LogP contribution in [-0.2, 0) is 0 Å². The second-order valence-corrected chi connectivity index (χ2v) is 4.71. The van der Waals surface area contributed by atoms with Gasteiger partial charge in [-0.2, -0.15) is 0 Å².